The van der Waals surface area contributed by atoms with Gasteiger partial charge in [-0.25, -0.2) is 4.68 Å². The highest BCUT2D eigenvalue weighted by molar-refractivity contribution is 5.81. The second-order valence-electron chi connectivity index (χ2n) is 5.46. The highest BCUT2D eigenvalue weighted by atomic mass is 16.5. The Bertz CT molecular complexity index is 430. The van der Waals surface area contributed by atoms with E-state index in [2.05, 4.69) is 10.3 Å². The predicted octanol–water partition coefficient (Wildman–Crippen LogP) is 0.867. The van der Waals surface area contributed by atoms with E-state index < -0.39 is 0 Å². The van der Waals surface area contributed by atoms with Gasteiger partial charge in [-0.15, -0.1) is 5.10 Å². The van der Waals surface area contributed by atoms with Gasteiger partial charge in [-0.2, -0.15) is 0 Å². The van der Waals surface area contributed by atoms with Crippen LogP contribution in [0.3, 0.4) is 0 Å². The minimum Gasteiger partial charge on any atom is -0.371 e. The van der Waals surface area contributed by atoms with E-state index in [9.17, 15) is 4.79 Å². The molecule has 1 aliphatic heterocycles. The zero-order valence-corrected chi connectivity index (χ0v) is 11.2. The van der Waals surface area contributed by atoms with Crippen molar-refractivity contribution in [1.29, 1.82) is 0 Å². The van der Waals surface area contributed by atoms with Gasteiger partial charge in [0.15, 0.2) is 0 Å². The van der Waals surface area contributed by atoms with Crippen molar-refractivity contribution >= 4 is 5.91 Å². The van der Waals surface area contributed by atoms with Crippen molar-refractivity contribution in [2.24, 2.45) is 5.92 Å². The SMILES string of the molecule is COC(C(=O)N1CCCC(n2ccnn2)C1)C1CC1. The van der Waals surface area contributed by atoms with Gasteiger partial charge in [0.25, 0.3) is 5.91 Å². The molecule has 3 rings (SSSR count). The van der Waals surface area contributed by atoms with Crippen molar-refractivity contribution in [3.63, 3.8) is 0 Å². The molecular formula is C13H20N4O2. The van der Waals surface area contributed by atoms with Gasteiger partial charge in [0.1, 0.15) is 6.10 Å². The van der Waals surface area contributed by atoms with Crippen LogP contribution >= 0.6 is 0 Å². The van der Waals surface area contributed by atoms with Crippen LogP contribution in [0.5, 0.6) is 0 Å². The Morgan fingerprint density at radius 2 is 2.26 bits per heavy atom. The minimum atomic E-state index is -0.241. The summed E-state index contributed by atoms with van der Waals surface area (Å²) < 4.78 is 7.25. The molecule has 2 fully saturated rings. The normalized spacial score (nSPS) is 25.3. The number of aromatic nitrogens is 3. The molecule has 0 radical (unpaired) electrons. The quantitative estimate of drug-likeness (QED) is 0.809. The number of carbonyl (C=O) groups excluding carboxylic acids is 1. The molecule has 1 aromatic heterocycles. The van der Waals surface area contributed by atoms with Crippen LogP contribution in [0.25, 0.3) is 0 Å². The summed E-state index contributed by atoms with van der Waals surface area (Å²) in [5, 5.41) is 7.89. The maximum absolute atomic E-state index is 12.5. The van der Waals surface area contributed by atoms with Crippen molar-refractivity contribution in [3.05, 3.63) is 12.4 Å². The van der Waals surface area contributed by atoms with Crippen LogP contribution in [0.15, 0.2) is 12.4 Å². The van der Waals surface area contributed by atoms with Crippen LogP contribution in [0.2, 0.25) is 0 Å². The number of likely N-dealkylation sites (tertiary alicyclic amines) is 1. The third-order valence-corrected chi connectivity index (χ3v) is 4.07. The summed E-state index contributed by atoms with van der Waals surface area (Å²) in [6.07, 6.45) is 7.60. The Hall–Kier alpha value is -1.43. The Morgan fingerprint density at radius 1 is 1.42 bits per heavy atom. The summed E-state index contributed by atoms with van der Waals surface area (Å²) >= 11 is 0. The largest absolute Gasteiger partial charge is 0.371 e. The van der Waals surface area contributed by atoms with Gasteiger partial charge in [-0.3, -0.25) is 4.79 Å². The van der Waals surface area contributed by atoms with E-state index in [0.717, 1.165) is 38.8 Å². The summed E-state index contributed by atoms with van der Waals surface area (Å²) in [7, 11) is 1.64. The first kappa shape index (κ1) is 12.6. The highest BCUT2D eigenvalue weighted by Crippen LogP contribution is 2.35. The molecule has 1 saturated carbocycles. The summed E-state index contributed by atoms with van der Waals surface area (Å²) in [5.74, 6) is 0.582. The molecule has 0 bridgehead atoms. The molecule has 0 spiro atoms. The number of hydrogen-bond acceptors (Lipinski definition) is 4. The molecule has 2 aliphatic rings. The van der Waals surface area contributed by atoms with Gasteiger partial charge in [-0.1, -0.05) is 5.21 Å². The van der Waals surface area contributed by atoms with Crippen molar-refractivity contribution in [2.75, 3.05) is 20.2 Å². The Morgan fingerprint density at radius 3 is 2.89 bits per heavy atom. The van der Waals surface area contributed by atoms with Crippen LogP contribution in [-0.4, -0.2) is 52.1 Å². The number of ether oxygens (including phenoxy) is 1. The van der Waals surface area contributed by atoms with Crippen molar-refractivity contribution in [3.8, 4) is 0 Å². The molecule has 1 aromatic rings. The second kappa shape index (κ2) is 5.28. The maximum atomic E-state index is 12.5. The zero-order valence-electron chi connectivity index (χ0n) is 11.2. The predicted molar refractivity (Wildman–Crippen MR) is 68.4 cm³/mol. The van der Waals surface area contributed by atoms with Crippen molar-refractivity contribution in [1.82, 2.24) is 19.9 Å². The minimum absolute atomic E-state index is 0.148. The van der Waals surface area contributed by atoms with E-state index in [1.165, 1.54) is 0 Å². The van der Waals surface area contributed by atoms with Gasteiger partial charge in [0.2, 0.25) is 0 Å². The first-order chi connectivity index (χ1) is 9.29. The third kappa shape index (κ3) is 2.63. The van der Waals surface area contributed by atoms with E-state index in [0.29, 0.717) is 5.92 Å². The van der Waals surface area contributed by atoms with E-state index >= 15 is 0 Å². The molecule has 104 valence electrons. The average molecular weight is 264 g/mol. The molecule has 0 aromatic carbocycles. The molecule has 1 aliphatic carbocycles. The Labute approximate surface area is 112 Å². The van der Waals surface area contributed by atoms with Crippen molar-refractivity contribution < 1.29 is 9.53 Å². The van der Waals surface area contributed by atoms with Crippen molar-refractivity contribution in [2.45, 2.75) is 37.8 Å². The van der Waals surface area contributed by atoms with Crippen LogP contribution in [-0.2, 0) is 9.53 Å². The molecule has 2 unspecified atom stereocenters. The second-order valence-corrected chi connectivity index (χ2v) is 5.46. The van der Waals surface area contributed by atoms with Crippen LogP contribution in [0.1, 0.15) is 31.7 Å². The maximum Gasteiger partial charge on any atom is 0.252 e. The first-order valence-corrected chi connectivity index (χ1v) is 6.97. The Balaban J connectivity index is 1.65. The number of piperidine rings is 1. The lowest BCUT2D eigenvalue weighted by Crippen LogP contribution is -2.46. The molecule has 6 nitrogen and oxygen atoms in total. The summed E-state index contributed by atoms with van der Waals surface area (Å²) in [5.41, 5.74) is 0. The number of hydrogen-bond donors (Lipinski definition) is 0. The molecule has 1 saturated heterocycles. The van der Waals surface area contributed by atoms with E-state index in [-0.39, 0.29) is 18.1 Å². The van der Waals surface area contributed by atoms with Crippen LogP contribution in [0, 0.1) is 5.92 Å². The molecule has 1 amide bonds. The van der Waals surface area contributed by atoms with Gasteiger partial charge >= 0.3 is 0 Å². The summed E-state index contributed by atoms with van der Waals surface area (Å²) in [6, 6.07) is 0.247. The average Bonchev–Trinajstić information content (AvgIpc) is 3.12. The number of methoxy groups -OCH3 is 1. The lowest BCUT2D eigenvalue weighted by molar-refractivity contribution is -0.145. The number of amides is 1. The summed E-state index contributed by atoms with van der Waals surface area (Å²) in [4.78, 5) is 14.4. The molecule has 2 atom stereocenters. The molecule has 2 heterocycles. The van der Waals surface area contributed by atoms with E-state index in [4.69, 9.17) is 4.74 Å². The Kier molecular flexibility index (Phi) is 3.50. The number of nitrogens with zero attached hydrogens (tertiary/aromatic N) is 4. The molecule has 6 heteroatoms. The van der Waals surface area contributed by atoms with Crippen LogP contribution < -0.4 is 0 Å². The third-order valence-electron chi connectivity index (χ3n) is 4.07. The van der Waals surface area contributed by atoms with E-state index in [1.54, 1.807) is 13.3 Å². The lowest BCUT2D eigenvalue weighted by atomic mass is 10.0. The van der Waals surface area contributed by atoms with Gasteiger partial charge in [-0.05, 0) is 31.6 Å². The fourth-order valence-corrected chi connectivity index (χ4v) is 2.86. The van der Waals surface area contributed by atoms with Gasteiger partial charge < -0.3 is 9.64 Å². The smallest absolute Gasteiger partial charge is 0.252 e. The first-order valence-electron chi connectivity index (χ1n) is 6.97. The number of carbonyl (C=O) groups is 1. The fraction of sp³-hybridized carbons (Fsp3) is 0.769. The van der Waals surface area contributed by atoms with Crippen LogP contribution in [0.4, 0.5) is 0 Å². The molecular weight excluding hydrogens is 244 g/mol. The van der Waals surface area contributed by atoms with Gasteiger partial charge in [0, 0.05) is 26.4 Å². The highest BCUT2D eigenvalue weighted by Gasteiger charge is 2.39. The summed E-state index contributed by atoms with van der Waals surface area (Å²) in [6.45, 7) is 1.55. The fourth-order valence-electron chi connectivity index (χ4n) is 2.86. The molecule has 0 N–H and O–H groups in total. The van der Waals surface area contributed by atoms with E-state index in [1.807, 2.05) is 15.8 Å². The van der Waals surface area contributed by atoms with Gasteiger partial charge in [0.05, 0.1) is 12.2 Å². The standard InChI is InChI=1S/C13H20N4O2/c1-19-12(10-4-5-10)13(18)16-7-2-3-11(9-16)17-8-6-14-15-17/h6,8,10-12H,2-5,7,9H2,1H3. The monoisotopic (exact) mass is 264 g/mol. The lowest BCUT2D eigenvalue weighted by Gasteiger charge is -2.34. The number of rotatable bonds is 4. The topological polar surface area (TPSA) is 60.2 Å². The molecule has 19 heavy (non-hydrogen) atoms. The zero-order chi connectivity index (χ0) is 13.2.